The van der Waals surface area contributed by atoms with Crippen molar-refractivity contribution in [3.05, 3.63) is 59.4 Å². The highest BCUT2D eigenvalue weighted by atomic mass is 16.5. The van der Waals surface area contributed by atoms with Gasteiger partial charge in [0.25, 0.3) is 0 Å². The molecule has 0 aliphatic rings. The Morgan fingerprint density at radius 2 is 2.20 bits per heavy atom. The van der Waals surface area contributed by atoms with E-state index in [-0.39, 0.29) is 6.61 Å². The fourth-order valence-corrected chi connectivity index (χ4v) is 1.88. The van der Waals surface area contributed by atoms with E-state index in [4.69, 9.17) is 10.00 Å². The number of hydrogen-bond donors (Lipinski definition) is 1. The summed E-state index contributed by atoms with van der Waals surface area (Å²) >= 11 is 0. The number of hydrogen-bond acceptors (Lipinski definition) is 4. The van der Waals surface area contributed by atoms with E-state index in [0.29, 0.717) is 0 Å². The number of aromatic nitrogens is 1. The van der Waals surface area contributed by atoms with Crippen LogP contribution in [0.5, 0.6) is 5.75 Å². The first-order valence-corrected chi connectivity index (χ1v) is 6.48. The molecule has 0 fully saturated rings. The van der Waals surface area contributed by atoms with E-state index in [1.54, 1.807) is 6.20 Å². The van der Waals surface area contributed by atoms with Gasteiger partial charge in [0, 0.05) is 25.5 Å². The molecule has 1 N–H and O–H groups in total. The van der Waals surface area contributed by atoms with Gasteiger partial charge in [0.05, 0.1) is 0 Å². The highest BCUT2D eigenvalue weighted by Crippen LogP contribution is 2.13. The van der Waals surface area contributed by atoms with E-state index in [2.05, 4.69) is 17.2 Å². The Morgan fingerprint density at radius 3 is 3.00 bits per heavy atom. The Balaban J connectivity index is 1.88. The van der Waals surface area contributed by atoms with Crippen molar-refractivity contribution in [3.63, 3.8) is 0 Å². The minimum Gasteiger partial charge on any atom is -0.479 e. The highest BCUT2D eigenvalue weighted by molar-refractivity contribution is 5.29. The summed E-state index contributed by atoms with van der Waals surface area (Å²) in [6.45, 7) is 3.68. The van der Waals surface area contributed by atoms with Gasteiger partial charge in [-0.25, -0.2) is 0 Å². The first kappa shape index (κ1) is 14.0. The molecule has 0 aliphatic carbocycles. The zero-order valence-corrected chi connectivity index (χ0v) is 11.5. The van der Waals surface area contributed by atoms with Crippen molar-refractivity contribution in [2.45, 2.75) is 20.0 Å². The quantitative estimate of drug-likeness (QED) is 0.874. The lowest BCUT2D eigenvalue weighted by Crippen LogP contribution is -2.13. The lowest BCUT2D eigenvalue weighted by molar-refractivity contribution is 0.367. The van der Waals surface area contributed by atoms with Crippen molar-refractivity contribution in [2.24, 2.45) is 0 Å². The van der Waals surface area contributed by atoms with Gasteiger partial charge in [-0.05, 0) is 41.8 Å². The van der Waals surface area contributed by atoms with Crippen LogP contribution in [0.15, 0.2) is 42.7 Å². The Morgan fingerprint density at radius 1 is 1.30 bits per heavy atom. The molecule has 0 spiro atoms. The van der Waals surface area contributed by atoms with Gasteiger partial charge in [0.2, 0.25) is 0 Å². The van der Waals surface area contributed by atoms with E-state index in [1.807, 2.05) is 42.6 Å². The Kier molecular flexibility index (Phi) is 5.10. The van der Waals surface area contributed by atoms with E-state index < -0.39 is 0 Å². The van der Waals surface area contributed by atoms with Crippen LogP contribution in [-0.4, -0.2) is 11.6 Å². The summed E-state index contributed by atoms with van der Waals surface area (Å²) in [6.07, 6.45) is 3.68. The van der Waals surface area contributed by atoms with Crippen LogP contribution in [0.25, 0.3) is 0 Å². The van der Waals surface area contributed by atoms with Crippen LogP contribution in [0, 0.1) is 18.3 Å². The maximum atomic E-state index is 8.50. The van der Waals surface area contributed by atoms with E-state index in [1.165, 1.54) is 11.1 Å². The third-order valence-corrected chi connectivity index (χ3v) is 2.99. The minimum absolute atomic E-state index is 0.0752. The van der Waals surface area contributed by atoms with E-state index in [9.17, 15) is 0 Å². The minimum atomic E-state index is 0.0752. The number of rotatable bonds is 6. The fraction of sp³-hybridized carbons (Fsp3) is 0.250. The number of pyridine rings is 1. The second-order valence-electron chi connectivity index (χ2n) is 4.50. The van der Waals surface area contributed by atoms with Gasteiger partial charge < -0.3 is 10.1 Å². The van der Waals surface area contributed by atoms with Gasteiger partial charge >= 0.3 is 0 Å². The Hall–Kier alpha value is -2.38. The number of nitriles is 1. The molecule has 0 aliphatic heterocycles. The molecule has 102 valence electrons. The standard InChI is InChI=1S/C16H17N3O/c1-13-5-7-18-11-15(13)12-19-10-14-3-2-4-16(9-14)20-8-6-17/h2-5,7,9,11,19H,8,10,12H2,1H3. The number of aryl methyl sites for hydroxylation is 1. The molecule has 0 saturated heterocycles. The first-order chi connectivity index (χ1) is 9.79. The normalized spacial score (nSPS) is 10.0. The molecule has 1 aromatic heterocycles. The maximum absolute atomic E-state index is 8.50. The van der Waals surface area contributed by atoms with E-state index >= 15 is 0 Å². The topological polar surface area (TPSA) is 57.9 Å². The molecular formula is C16H17N3O. The van der Waals surface area contributed by atoms with Crippen LogP contribution in [0.3, 0.4) is 0 Å². The van der Waals surface area contributed by atoms with Crippen LogP contribution in [-0.2, 0) is 13.1 Å². The molecule has 0 bridgehead atoms. The molecule has 4 heteroatoms. The van der Waals surface area contributed by atoms with Gasteiger partial charge in [-0.15, -0.1) is 0 Å². The van der Waals surface area contributed by atoms with Crippen molar-refractivity contribution in [2.75, 3.05) is 6.61 Å². The summed E-state index contributed by atoms with van der Waals surface area (Å²) in [5.74, 6) is 0.725. The lowest BCUT2D eigenvalue weighted by Gasteiger charge is -2.08. The van der Waals surface area contributed by atoms with Crippen LogP contribution >= 0.6 is 0 Å². The molecule has 0 radical (unpaired) electrons. The molecule has 1 heterocycles. The van der Waals surface area contributed by atoms with Crippen molar-refractivity contribution in [1.82, 2.24) is 10.3 Å². The van der Waals surface area contributed by atoms with Crippen LogP contribution in [0.4, 0.5) is 0 Å². The van der Waals surface area contributed by atoms with Crippen molar-refractivity contribution < 1.29 is 4.74 Å². The van der Waals surface area contributed by atoms with Gasteiger partial charge in [0.15, 0.2) is 6.61 Å². The molecule has 0 atom stereocenters. The third-order valence-electron chi connectivity index (χ3n) is 2.99. The zero-order valence-electron chi connectivity index (χ0n) is 11.5. The second-order valence-corrected chi connectivity index (χ2v) is 4.50. The SMILES string of the molecule is Cc1ccncc1CNCc1cccc(OCC#N)c1. The first-order valence-electron chi connectivity index (χ1n) is 6.48. The van der Waals surface area contributed by atoms with Gasteiger partial charge in [-0.2, -0.15) is 5.26 Å². The second kappa shape index (κ2) is 7.27. The summed E-state index contributed by atoms with van der Waals surface area (Å²) in [7, 11) is 0. The molecule has 0 unspecified atom stereocenters. The van der Waals surface area contributed by atoms with Crippen LogP contribution < -0.4 is 10.1 Å². The number of nitrogens with zero attached hydrogens (tertiary/aromatic N) is 2. The summed E-state index contributed by atoms with van der Waals surface area (Å²) < 4.78 is 5.28. The summed E-state index contributed by atoms with van der Waals surface area (Å²) in [6, 6.07) is 11.7. The van der Waals surface area contributed by atoms with Gasteiger partial charge in [0.1, 0.15) is 11.8 Å². The average molecular weight is 267 g/mol. The average Bonchev–Trinajstić information content (AvgIpc) is 2.48. The molecule has 4 nitrogen and oxygen atoms in total. The molecule has 2 rings (SSSR count). The van der Waals surface area contributed by atoms with Crippen molar-refractivity contribution in [1.29, 1.82) is 5.26 Å². The Bertz CT molecular complexity index is 605. The number of ether oxygens (including phenoxy) is 1. The molecular weight excluding hydrogens is 250 g/mol. The highest BCUT2D eigenvalue weighted by Gasteiger charge is 1.99. The molecule has 0 saturated carbocycles. The van der Waals surface area contributed by atoms with Crippen molar-refractivity contribution >= 4 is 0 Å². The van der Waals surface area contributed by atoms with Crippen LogP contribution in [0.2, 0.25) is 0 Å². The number of nitrogens with one attached hydrogen (secondary N) is 1. The molecule has 1 aromatic carbocycles. The molecule has 20 heavy (non-hydrogen) atoms. The summed E-state index contributed by atoms with van der Waals surface area (Å²) in [5.41, 5.74) is 3.56. The van der Waals surface area contributed by atoms with Gasteiger partial charge in [-0.1, -0.05) is 12.1 Å². The summed E-state index contributed by atoms with van der Waals surface area (Å²) in [4.78, 5) is 4.13. The van der Waals surface area contributed by atoms with Gasteiger partial charge in [-0.3, -0.25) is 4.98 Å². The number of benzene rings is 1. The molecule has 2 aromatic rings. The Labute approximate surface area is 119 Å². The monoisotopic (exact) mass is 267 g/mol. The lowest BCUT2D eigenvalue weighted by atomic mass is 10.1. The predicted octanol–water partition coefficient (Wildman–Crippen LogP) is 2.58. The fourth-order valence-electron chi connectivity index (χ4n) is 1.88. The largest absolute Gasteiger partial charge is 0.479 e. The summed E-state index contributed by atoms with van der Waals surface area (Å²) in [5, 5.41) is 11.9. The maximum Gasteiger partial charge on any atom is 0.174 e. The zero-order chi connectivity index (χ0) is 14.2. The van der Waals surface area contributed by atoms with Crippen molar-refractivity contribution in [3.8, 4) is 11.8 Å². The third kappa shape index (κ3) is 4.08. The smallest absolute Gasteiger partial charge is 0.174 e. The van der Waals surface area contributed by atoms with E-state index in [0.717, 1.165) is 24.4 Å². The predicted molar refractivity (Wildman–Crippen MR) is 77.1 cm³/mol. The molecule has 0 amide bonds. The van der Waals surface area contributed by atoms with Crippen LogP contribution in [0.1, 0.15) is 16.7 Å².